The summed E-state index contributed by atoms with van der Waals surface area (Å²) in [5.74, 6) is 1.92. The molecular formula is C23H41IN6O. The SMILES string of the molecule is CCOC1CC(NC(=NC)NCc2ccc(N3CCN(C)CC3)nc2)C1(CC)CC.I. The fraction of sp³-hybridized carbons (Fsp3) is 0.739. The zero-order chi connectivity index (χ0) is 21.6. The van der Waals surface area contributed by atoms with Crippen LogP contribution in [0, 0.1) is 5.41 Å². The van der Waals surface area contributed by atoms with Crippen molar-refractivity contribution in [3.8, 4) is 0 Å². The molecule has 2 unspecified atom stereocenters. The quantitative estimate of drug-likeness (QED) is 0.298. The normalized spacial score (nSPS) is 23.6. The number of hydrogen-bond donors (Lipinski definition) is 2. The summed E-state index contributed by atoms with van der Waals surface area (Å²) in [5, 5.41) is 7.11. The summed E-state index contributed by atoms with van der Waals surface area (Å²) in [5.41, 5.74) is 1.35. The second-order valence-electron chi connectivity index (χ2n) is 8.56. The van der Waals surface area contributed by atoms with E-state index in [0.29, 0.717) is 18.7 Å². The molecule has 8 heteroatoms. The first-order valence-electron chi connectivity index (χ1n) is 11.5. The molecule has 31 heavy (non-hydrogen) atoms. The van der Waals surface area contributed by atoms with E-state index < -0.39 is 0 Å². The molecule has 0 radical (unpaired) electrons. The third kappa shape index (κ3) is 6.01. The highest BCUT2D eigenvalue weighted by molar-refractivity contribution is 14.0. The number of nitrogens with zero attached hydrogens (tertiary/aromatic N) is 4. The Labute approximate surface area is 205 Å². The minimum Gasteiger partial charge on any atom is -0.378 e. The zero-order valence-electron chi connectivity index (χ0n) is 19.9. The van der Waals surface area contributed by atoms with Crippen molar-refractivity contribution in [2.24, 2.45) is 10.4 Å². The average Bonchev–Trinajstić information content (AvgIpc) is 2.77. The molecule has 0 aromatic carbocycles. The third-order valence-electron chi connectivity index (χ3n) is 7.10. The lowest BCUT2D eigenvalue weighted by Gasteiger charge is -2.55. The van der Waals surface area contributed by atoms with E-state index in [-0.39, 0.29) is 29.4 Å². The number of halogens is 1. The molecule has 1 aromatic rings. The van der Waals surface area contributed by atoms with Crippen LogP contribution in [-0.4, -0.2) is 74.9 Å². The summed E-state index contributed by atoms with van der Waals surface area (Å²) in [7, 11) is 4.01. The van der Waals surface area contributed by atoms with Crippen molar-refractivity contribution < 1.29 is 4.74 Å². The Morgan fingerprint density at radius 2 is 1.90 bits per heavy atom. The molecule has 2 fully saturated rings. The molecule has 0 spiro atoms. The molecule has 2 N–H and O–H groups in total. The lowest BCUT2D eigenvalue weighted by molar-refractivity contribution is -0.133. The molecular weight excluding hydrogens is 503 g/mol. The van der Waals surface area contributed by atoms with Gasteiger partial charge in [-0.15, -0.1) is 24.0 Å². The van der Waals surface area contributed by atoms with E-state index in [2.05, 4.69) is 65.4 Å². The first-order chi connectivity index (χ1) is 14.6. The number of ether oxygens (including phenoxy) is 1. The predicted octanol–water partition coefficient (Wildman–Crippen LogP) is 3.10. The number of aliphatic imine (C=N–C) groups is 1. The summed E-state index contributed by atoms with van der Waals surface area (Å²) >= 11 is 0. The van der Waals surface area contributed by atoms with Crippen LogP contribution >= 0.6 is 24.0 Å². The first kappa shape index (κ1) is 26.1. The number of pyridine rings is 1. The molecule has 7 nitrogen and oxygen atoms in total. The average molecular weight is 545 g/mol. The molecule has 2 heterocycles. The number of likely N-dealkylation sites (N-methyl/N-ethyl adjacent to an activating group) is 1. The van der Waals surface area contributed by atoms with Crippen LogP contribution in [0.3, 0.4) is 0 Å². The van der Waals surface area contributed by atoms with Gasteiger partial charge in [0.15, 0.2) is 5.96 Å². The Morgan fingerprint density at radius 1 is 1.19 bits per heavy atom. The van der Waals surface area contributed by atoms with Crippen LogP contribution < -0.4 is 15.5 Å². The first-order valence-corrected chi connectivity index (χ1v) is 11.5. The lowest BCUT2D eigenvalue weighted by atomic mass is 9.58. The zero-order valence-corrected chi connectivity index (χ0v) is 22.2. The number of rotatable bonds is 8. The van der Waals surface area contributed by atoms with Crippen molar-refractivity contribution in [1.82, 2.24) is 20.5 Å². The van der Waals surface area contributed by atoms with Crippen molar-refractivity contribution in [3.05, 3.63) is 23.9 Å². The van der Waals surface area contributed by atoms with E-state index in [1.807, 2.05) is 13.2 Å². The third-order valence-corrected chi connectivity index (χ3v) is 7.10. The van der Waals surface area contributed by atoms with Gasteiger partial charge < -0.3 is 25.2 Å². The van der Waals surface area contributed by atoms with Gasteiger partial charge in [0.05, 0.1) is 6.10 Å². The van der Waals surface area contributed by atoms with Crippen LogP contribution in [0.1, 0.15) is 45.6 Å². The van der Waals surface area contributed by atoms with Crippen LogP contribution in [-0.2, 0) is 11.3 Å². The van der Waals surface area contributed by atoms with Gasteiger partial charge >= 0.3 is 0 Å². The molecule has 0 bridgehead atoms. The van der Waals surface area contributed by atoms with Crippen LogP contribution in [0.25, 0.3) is 0 Å². The minimum absolute atomic E-state index is 0. The van der Waals surface area contributed by atoms with Gasteiger partial charge in [0.1, 0.15) is 5.82 Å². The molecule has 1 aliphatic carbocycles. The van der Waals surface area contributed by atoms with E-state index in [1.54, 1.807) is 0 Å². The largest absolute Gasteiger partial charge is 0.378 e. The van der Waals surface area contributed by atoms with Crippen LogP contribution in [0.4, 0.5) is 5.82 Å². The number of hydrogen-bond acceptors (Lipinski definition) is 5. The summed E-state index contributed by atoms with van der Waals surface area (Å²) in [6.45, 7) is 12.4. The van der Waals surface area contributed by atoms with Gasteiger partial charge in [-0.1, -0.05) is 19.9 Å². The van der Waals surface area contributed by atoms with Crippen molar-refractivity contribution in [1.29, 1.82) is 0 Å². The predicted molar refractivity (Wildman–Crippen MR) is 140 cm³/mol. The summed E-state index contributed by atoms with van der Waals surface area (Å²) in [6, 6.07) is 4.70. The minimum atomic E-state index is 0. The van der Waals surface area contributed by atoms with Crippen molar-refractivity contribution in [2.75, 3.05) is 51.8 Å². The van der Waals surface area contributed by atoms with Gasteiger partial charge in [-0.25, -0.2) is 4.98 Å². The number of aromatic nitrogens is 1. The molecule has 0 amide bonds. The molecule has 1 saturated heterocycles. The van der Waals surface area contributed by atoms with Crippen LogP contribution in [0.15, 0.2) is 23.3 Å². The van der Waals surface area contributed by atoms with Gasteiger partial charge in [0, 0.05) is 64.0 Å². The van der Waals surface area contributed by atoms with E-state index in [1.165, 1.54) is 0 Å². The van der Waals surface area contributed by atoms with Crippen LogP contribution in [0.5, 0.6) is 0 Å². The fourth-order valence-electron chi connectivity index (χ4n) is 4.87. The van der Waals surface area contributed by atoms with Gasteiger partial charge in [-0.3, -0.25) is 4.99 Å². The standard InChI is InChI=1S/C23H40N6O.HI/c1-6-23(7-2)19(15-20(23)30-8-3)27-22(24-4)26-17-18-9-10-21(25-16-18)29-13-11-28(5)12-14-29;/h9-10,16,19-20H,6-8,11-15,17H2,1-5H3,(H2,24,26,27);1H. The van der Waals surface area contributed by atoms with E-state index in [0.717, 1.165) is 69.4 Å². The summed E-state index contributed by atoms with van der Waals surface area (Å²) in [4.78, 5) is 13.9. The maximum absolute atomic E-state index is 6.00. The molecule has 1 saturated carbocycles. The molecule has 2 atom stereocenters. The lowest BCUT2D eigenvalue weighted by Crippen LogP contribution is -2.65. The molecule has 3 rings (SSSR count). The second kappa shape index (κ2) is 12.2. The fourth-order valence-corrected chi connectivity index (χ4v) is 4.87. The van der Waals surface area contributed by atoms with Gasteiger partial charge in [-0.2, -0.15) is 0 Å². The monoisotopic (exact) mass is 544 g/mol. The Kier molecular flexibility index (Phi) is 10.3. The molecule has 176 valence electrons. The topological polar surface area (TPSA) is 65.0 Å². The van der Waals surface area contributed by atoms with Crippen molar-refractivity contribution in [2.45, 2.75) is 58.7 Å². The summed E-state index contributed by atoms with van der Waals surface area (Å²) in [6.07, 6.45) is 5.59. The highest BCUT2D eigenvalue weighted by Gasteiger charge is 2.53. The van der Waals surface area contributed by atoms with Crippen molar-refractivity contribution >= 4 is 35.8 Å². The highest BCUT2D eigenvalue weighted by Crippen LogP contribution is 2.48. The second-order valence-corrected chi connectivity index (χ2v) is 8.56. The van der Waals surface area contributed by atoms with Gasteiger partial charge in [0.2, 0.25) is 0 Å². The number of guanidine groups is 1. The van der Waals surface area contributed by atoms with E-state index >= 15 is 0 Å². The molecule has 2 aliphatic rings. The molecule has 1 aliphatic heterocycles. The highest BCUT2D eigenvalue weighted by atomic mass is 127. The Hall–Kier alpha value is -1.13. The number of anilines is 1. The number of piperazine rings is 1. The molecule has 1 aromatic heterocycles. The Bertz CT molecular complexity index is 686. The van der Waals surface area contributed by atoms with E-state index in [9.17, 15) is 0 Å². The Morgan fingerprint density at radius 3 is 2.45 bits per heavy atom. The van der Waals surface area contributed by atoms with Crippen molar-refractivity contribution in [3.63, 3.8) is 0 Å². The van der Waals surface area contributed by atoms with Crippen LogP contribution in [0.2, 0.25) is 0 Å². The van der Waals surface area contributed by atoms with E-state index in [4.69, 9.17) is 9.72 Å². The summed E-state index contributed by atoms with van der Waals surface area (Å²) < 4.78 is 6.00. The maximum atomic E-state index is 6.00. The Balaban J connectivity index is 0.00000341. The maximum Gasteiger partial charge on any atom is 0.191 e. The van der Waals surface area contributed by atoms with Gasteiger partial charge in [-0.05, 0) is 44.9 Å². The van der Waals surface area contributed by atoms with Gasteiger partial charge in [0.25, 0.3) is 0 Å². The smallest absolute Gasteiger partial charge is 0.191 e. The number of nitrogens with one attached hydrogen (secondary N) is 2.